The van der Waals surface area contributed by atoms with Gasteiger partial charge in [-0.3, -0.25) is 0 Å². The van der Waals surface area contributed by atoms with Crippen molar-refractivity contribution in [2.75, 3.05) is 19.5 Å². The number of benzene rings is 2. The lowest BCUT2D eigenvalue weighted by atomic mass is 10.1. The maximum Gasteiger partial charge on any atom is 0.144 e. The van der Waals surface area contributed by atoms with Crippen LogP contribution in [-0.4, -0.2) is 14.2 Å². The highest BCUT2D eigenvalue weighted by Crippen LogP contribution is 2.37. The Labute approximate surface area is 126 Å². The minimum Gasteiger partial charge on any atom is -0.495 e. The van der Waals surface area contributed by atoms with Gasteiger partial charge in [-0.05, 0) is 12.1 Å². The highest BCUT2D eigenvalue weighted by Gasteiger charge is 2.13. The summed E-state index contributed by atoms with van der Waals surface area (Å²) in [5.41, 5.74) is 0.773. The second kappa shape index (κ2) is 6.33. The smallest absolute Gasteiger partial charge is 0.144 e. The van der Waals surface area contributed by atoms with Crippen molar-refractivity contribution in [2.24, 2.45) is 0 Å². The van der Waals surface area contributed by atoms with Gasteiger partial charge in [-0.25, -0.2) is 4.39 Å². The van der Waals surface area contributed by atoms with Crippen molar-refractivity contribution >= 4 is 23.0 Å². The van der Waals surface area contributed by atoms with E-state index in [1.54, 1.807) is 18.2 Å². The monoisotopic (exact) mass is 306 g/mol. The lowest BCUT2D eigenvalue weighted by Gasteiger charge is -2.14. The van der Waals surface area contributed by atoms with Crippen LogP contribution in [0.25, 0.3) is 0 Å². The number of rotatable bonds is 4. The molecule has 0 bridgehead atoms. The van der Waals surface area contributed by atoms with E-state index >= 15 is 0 Å². The van der Waals surface area contributed by atoms with Crippen molar-refractivity contribution in [3.63, 3.8) is 0 Å². The predicted octanol–water partition coefficient (Wildman–Crippen LogP) is 4.11. The molecular formula is C15H12ClFN2O2. The number of hydrogen-bond acceptors (Lipinski definition) is 4. The SMILES string of the molecule is COc1cc(Nc2cccc(F)c2C#N)c(OC)cc1Cl. The molecule has 0 aromatic heterocycles. The van der Waals surface area contributed by atoms with Gasteiger partial charge < -0.3 is 14.8 Å². The molecule has 4 nitrogen and oxygen atoms in total. The second-order valence-corrected chi connectivity index (χ2v) is 4.49. The van der Waals surface area contributed by atoms with Crippen molar-refractivity contribution in [1.82, 2.24) is 0 Å². The molecule has 2 aromatic rings. The van der Waals surface area contributed by atoms with Gasteiger partial charge in [-0.1, -0.05) is 17.7 Å². The number of nitrogens with one attached hydrogen (secondary N) is 1. The molecule has 1 N–H and O–H groups in total. The Balaban J connectivity index is 2.49. The van der Waals surface area contributed by atoms with E-state index in [0.29, 0.717) is 27.9 Å². The first-order valence-corrected chi connectivity index (χ1v) is 6.35. The zero-order valence-corrected chi connectivity index (χ0v) is 12.2. The molecule has 0 aliphatic carbocycles. The van der Waals surface area contributed by atoms with Crippen molar-refractivity contribution in [3.05, 3.63) is 46.7 Å². The van der Waals surface area contributed by atoms with Crippen molar-refractivity contribution in [1.29, 1.82) is 5.26 Å². The average molecular weight is 307 g/mol. The van der Waals surface area contributed by atoms with Gasteiger partial charge in [0.15, 0.2) is 0 Å². The van der Waals surface area contributed by atoms with E-state index in [1.807, 2.05) is 6.07 Å². The Kier molecular flexibility index (Phi) is 4.51. The summed E-state index contributed by atoms with van der Waals surface area (Å²) < 4.78 is 24.0. The summed E-state index contributed by atoms with van der Waals surface area (Å²) in [6, 6.07) is 9.36. The van der Waals surface area contributed by atoms with Crippen molar-refractivity contribution < 1.29 is 13.9 Å². The molecule has 21 heavy (non-hydrogen) atoms. The molecule has 0 unspecified atom stereocenters. The van der Waals surface area contributed by atoms with Crippen LogP contribution < -0.4 is 14.8 Å². The first kappa shape index (κ1) is 14.9. The Bertz CT molecular complexity index is 714. The molecule has 0 spiro atoms. The number of halogens is 2. The fourth-order valence-corrected chi connectivity index (χ4v) is 2.08. The van der Waals surface area contributed by atoms with E-state index < -0.39 is 5.82 Å². The van der Waals surface area contributed by atoms with Crippen LogP contribution in [0.4, 0.5) is 15.8 Å². The molecule has 0 fully saturated rings. The normalized spacial score (nSPS) is 9.86. The minimum absolute atomic E-state index is 0.0755. The quantitative estimate of drug-likeness (QED) is 0.923. The largest absolute Gasteiger partial charge is 0.495 e. The van der Waals surface area contributed by atoms with E-state index in [-0.39, 0.29) is 5.56 Å². The molecule has 2 rings (SSSR count). The summed E-state index contributed by atoms with van der Waals surface area (Å²) in [7, 11) is 2.97. The molecule has 0 aliphatic rings. The second-order valence-electron chi connectivity index (χ2n) is 4.09. The first-order valence-electron chi connectivity index (χ1n) is 5.98. The van der Waals surface area contributed by atoms with E-state index in [9.17, 15) is 4.39 Å². The van der Waals surface area contributed by atoms with E-state index in [1.165, 1.54) is 26.4 Å². The fraction of sp³-hybridized carbons (Fsp3) is 0.133. The van der Waals surface area contributed by atoms with Crippen LogP contribution in [0.1, 0.15) is 5.56 Å². The number of nitrogens with zero attached hydrogens (tertiary/aromatic N) is 1. The van der Waals surface area contributed by atoms with Gasteiger partial charge in [-0.15, -0.1) is 0 Å². The number of methoxy groups -OCH3 is 2. The molecule has 6 heteroatoms. The first-order chi connectivity index (χ1) is 10.1. The van der Waals surface area contributed by atoms with E-state index in [2.05, 4.69) is 5.32 Å². The predicted molar refractivity (Wildman–Crippen MR) is 79.0 cm³/mol. The van der Waals surface area contributed by atoms with Crippen LogP contribution in [0.5, 0.6) is 11.5 Å². The molecule has 0 radical (unpaired) electrons. The zero-order valence-electron chi connectivity index (χ0n) is 11.4. The summed E-state index contributed by atoms with van der Waals surface area (Å²) >= 11 is 6.02. The molecule has 2 aromatic carbocycles. The van der Waals surface area contributed by atoms with Gasteiger partial charge in [0.25, 0.3) is 0 Å². The summed E-state index contributed by atoms with van der Waals surface area (Å²) in [4.78, 5) is 0. The van der Waals surface area contributed by atoms with Gasteiger partial charge in [0.2, 0.25) is 0 Å². The van der Waals surface area contributed by atoms with Crippen LogP contribution >= 0.6 is 11.6 Å². The lowest BCUT2D eigenvalue weighted by Crippen LogP contribution is -1.99. The van der Waals surface area contributed by atoms with Crippen LogP contribution in [0.2, 0.25) is 5.02 Å². The summed E-state index contributed by atoms with van der Waals surface area (Å²) in [5.74, 6) is 0.297. The van der Waals surface area contributed by atoms with Gasteiger partial charge in [0.05, 0.1) is 30.6 Å². The Hall–Kier alpha value is -2.45. The third-order valence-electron chi connectivity index (χ3n) is 2.87. The maximum atomic E-state index is 13.6. The standard InChI is InChI=1S/C15H12ClFN2O2/c1-20-14-7-13(15(21-2)6-10(14)16)19-12-5-3-4-11(17)9(12)8-18/h3-7,19H,1-2H3. The Morgan fingerprint density at radius 3 is 2.48 bits per heavy atom. The van der Waals surface area contributed by atoms with Crippen molar-refractivity contribution in [2.45, 2.75) is 0 Å². The number of nitriles is 1. The van der Waals surface area contributed by atoms with E-state index in [0.717, 1.165) is 0 Å². The van der Waals surface area contributed by atoms with Gasteiger partial charge >= 0.3 is 0 Å². The topological polar surface area (TPSA) is 54.3 Å². The van der Waals surface area contributed by atoms with Crippen LogP contribution in [-0.2, 0) is 0 Å². The fourth-order valence-electron chi connectivity index (χ4n) is 1.85. The third-order valence-corrected chi connectivity index (χ3v) is 3.16. The van der Waals surface area contributed by atoms with Crippen LogP contribution in [0.15, 0.2) is 30.3 Å². The third kappa shape index (κ3) is 3.01. The van der Waals surface area contributed by atoms with E-state index in [4.69, 9.17) is 26.3 Å². The molecular weight excluding hydrogens is 295 g/mol. The average Bonchev–Trinajstić information content (AvgIpc) is 2.48. The molecule has 0 saturated carbocycles. The summed E-state index contributed by atoms with van der Waals surface area (Å²) in [5, 5.41) is 12.4. The molecule has 0 amide bonds. The minimum atomic E-state index is -0.595. The molecule has 0 heterocycles. The molecule has 0 aliphatic heterocycles. The molecule has 0 atom stereocenters. The Morgan fingerprint density at radius 2 is 1.86 bits per heavy atom. The van der Waals surface area contributed by atoms with Crippen LogP contribution in [0.3, 0.4) is 0 Å². The number of anilines is 2. The lowest BCUT2D eigenvalue weighted by molar-refractivity contribution is 0.405. The molecule has 0 saturated heterocycles. The number of ether oxygens (including phenoxy) is 2. The highest BCUT2D eigenvalue weighted by molar-refractivity contribution is 6.32. The maximum absolute atomic E-state index is 13.6. The zero-order chi connectivity index (χ0) is 15.4. The number of hydrogen-bond donors (Lipinski definition) is 1. The van der Waals surface area contributed by atoms with Gasteiger partial charge in [0.1, 0.15) is 28.9 Å². The van der Waals surface area contributed by atoms with Gasteiger partial charge in [-0.2, -0.15) is 5.26 Å². The summed E-state index contributed by atoms with van der Waals surface area (Å²) in [6.45, 7) is 0. The Morgan fingerprint density at radius 1 is 1.14 bits per heavy atom. The van der Waals surface area contributed by atoms with Gasteiger partial charge in [0, 0.05) is 12.1 Å². The van der Waals surface area contributed by atoms with Crippen molar-refractivity contribution in [3.8, 4) is 17.6 Å². The van der Waals surface area contributed by atoms with Crippen LogP contribution in [0, 0.1) is 17.1 Å². The highest BCUT2D eigenvalue weighted by atomic mass is 35.5. The molecule has 108 valence electrons. The summed E-state index contributed by atoms with van der Waals surface area (Å²) in [6.07, 6.45) is 0.